The molecule has 1 aromatic heterocycles. The number of aliphatic carboxylic acids is 1. The fourth-order valence-corrected chi connectivity index (χ4v) is 4.85. The zero-order valence-corrected chi connectivity index (χ0v) is 16.2. The first-order valence-electron chi connectivity index (χ1n) is 9.85. The predicted molar refractivity (Wildman–Crippen MR) is 104 cm³/mol. The number of hydrogen-bond acceptors (Lipinski definition) is 4. The van der Waals surface area contributed by atoms with Crippen LogP contribution in [0.5, 0.6) is 0 Å². The van der Waals surface area contributed by atoms with Crippen molar-refractivity contribution in [2.24, 2.45) is 5.41 Å². The molecule has 4 rings (SSSR count). The van der Waals surface area contributed by atoms with Crippen LogP contribution < -0.4 is 0 Å². The molecule has 0 saturated carbocycles. The largest absolute Gasteiger partial charge is 0.481 e. The van der Waals surface area contributed by atoms with Gasteiger partial charge >= 0.3 is 5.97 Å². The SMILES string of the molecule is CC(C)c1nccc(C(=O)N2[C@H]3CC[C@@H]2[C@](Cc2ccccc2)(C(=O)O)C3)n1. The number of amides is 1. The van der Waals surface area contributed by atoms with Gasteiger partial charge in [0, 0.05) is 24.2 Å². The van der Waals surface area contributed by atoms with Crippen molar-refractivity contribution in [1.29, 1.82) is 0 Å². The predicted octanol–water partition coefficient (Wildman–Crippen LogP) is 3.29. The van der Waals surface area contributed by atoms with Gasteiger partial charge in [-0.1, -0.05) is 44.2 Å². The zero-order valence-electron chi connectivity index (χ0n) is 16.2. The fourth-order valence-electron chi connectivity index (χ4n) is 4.85. The minimum atomic E-state index is -0.937. The van der Waals surface area contributed by atoms with Crippen molar-refractivity contribution in [2.45, 2.75) is 57.5 Å². The van der Waals surface area contributed by atoms with E-state index in [2.05, 4.69) is 9.97 Å². The number of nitrogens with zero attached hydrogens (tertiary/aromatic N) is 3. The van der Waals surface area contributed by atoms with Crippen LogP contribution in [0.2, 0.25) is 0 Å². The highest BCUT2D eigenvalue weighted by atomic mass is 16.4. The van der Waals surface area contributed by atoms with Gasteiger partial charge in [-0.3, -0.25) is 9.59 Å². The van der Waals surface area contributed by atoms with Gasteiger partial charge in [0.15, 0.2) is 0 Å². The Hall–Kier alpha value is -2.76. The molecule has 2 aromatic rings. The lowest BCUT2D eigenvalue weighted by Crippen LogP contribution is -2.46. The van der Waals surface area contributed by atoms with E-state index in [4.69, 9.17) is 0 Å². The molecule has 2 fully saturated rings. The van der Waals surface area contributed by atoms with Crippen molar-refractivity contribution >= 4 is 11.9 Å². The Morgan fingerprint density at radius 3 is 2.64 bits per heavy atom. The highest BCUT2D eigenvalue weighted by Crippen LogP contribution is 2.52. The Morgan fingerprint density at radius 2 is 1.96 bits per heavy atom. The number of fused-ring (bicyclic) bond motifs is 2. The standard InChI is InChI=1S/C22H25N3O3/c1-14(2)19-23-11-10-17(24-19)20(26)25-16-8-9-18(25)22(13-16,21(27)28)12-15-6-4-3-5-7-15/h3-7,10-11,14,16,18H,8-9,12-13H2,1-2H3,(H,27,28)/t16-,18+,22+/m0/s1. The van der Waals surface area contributed by atoms with Gasteiger partial charge in [0.25, 0.3) is 5.91 Å². The summed E-state index contributed by atoms with van der Waals surface area (Å²) in [6, 6.07) is 11.0. The van der Waals surface area contributed by atoms with E-state index in [1.807, 2.05) is 44.2 Å². The van der Waals surface area contributed by atoms with Gasteiger partial charge < -0.3 is 10.0 Å². The highest BCUT2D eigenvalue weighted by molar-refractivity contribution is 5.94. The number of carbonyl (C=O) groups is 2. The summed E-state index contributed by atoms with van der Waals surface area (Å²) >= 11 is 0. The maximum absolute atomic E-state index is 13.3. The van der Waals surface area contributed by atoms with E-state index in [0.717, 1.165) is 18.4 Å². The van der Waals surface area contributed by atoms with Gasteiger partial charge in [0.05, 0.1) is 5.41 Å². The Balaban J connectivity index is 1.66. The van der Waals surface area contributed by atoms with Crippen LogP contribution in [0.15, 0.2) is 42.6 Å². The molecule has 1 amide bonds. The molecule has 2 bridgehead atoms. The quantitative estimate of drug-likeness (QED) is 0.862. The number of carboxylic acids is 1. The zero-order chi connectivity index (χ0) is 19.9. The first-order chi connectivity index (χ1) is 13.4. The number of carboxylic acid groups (broad SMARTS) is 1. The van der Waals surface area contributed by atoms with Gasteiger partial charge in [0.2, 0.25) is 0 Å². The van der Waals surface area contributed by atoms with Crippen LogP contribution in [0.3, 0.4) is 0 Å². The van der Waals surface area contributed by atoms with Crippen LogP contribution in [0.4, 0.5) is 0 Å². The number of hydrogen-bond donors (Lipinski definition) is 1. The van der Waals surface area contributed by atoms with Crippen LogP contribution in [-0.4, -0.2) is 43.9 Å². The van der Waals surface area contributed by atoms with Crippen molar-refractivity contribution in [3.63, 3.8) is 0 Å². The molecule has 6 nitrogen and oxygen atoms in total. The lowest BCUT2D eigenvalue weighted by molar-refractivity contribution is -0.150. The van der Waals surface area contributed by atoms with Crippen LogP contribution in [0, 0.1) is 5.41 Å². The van der Waals surface area contributed by atoms with Gasteiger partial charge in [-0.25, -0.2) is 9.97 Å². The molecule has 3 atom stereocenters. The molecule has 2 aliphatic heterocycles. The van der Waals surface area contributed by atoms with Gasteiger partial charge in [0.1, 0.15) is 11.5 Å². The van der Waals surface area contributed by atoms with Gasteiger partial charge in [-0.15, -0.1) is 0 Å². The summed E-state index contributed by atoms with van der Waals surface area (Å²) in [6.45, 7) is 3.97. The van der Waals surface area contributed by atoms with Crippen LogP contribution >= 0.6 is 0 Å². The van der Waals surface area contributed by atoms with Gasteiger partial charge in [-0.05, 0) is 37.3 Å². The van der Waals surface area contributed by atoms with Crippen LogP contribution in [0.1, 0.15) is 60.9 Å². The summed E-state index contributed by atoms with van der Waals surface area (Å²) in [5.74, 6) is -0.231. The summed E-state index contributed by atoms with van der Waals surface area (Å²) in [7, 11) is 0. The summed E-state index contributed by atoms with van der Waals surface area (Å²) in [6.07, 6.45) is 4.12. The topological polar surface area (TPSA) is 83.4 Å². The smallest absolute Gasteiger partial charge is 0.312 e. The van der Waals surface area contributed by atoms with Crippen LogP contribution in [-0.2, 0) is 11.2 Å². The second-order valence-corrected chi connectivity index (χ2v) is 8.24. The number of benzene rings is 1. The molecule has 6 heteroatoms. The summed E-state index contributed by atoms with van der Waals surface area (Å²) < 4.78 is 0. The number of rotatable bonds is 5. The molecule has 1 aromatic carbocycles. The van der Waals surface area contributed by atoms with E-state index >= 15 is 0 Å². The van der Waals surface area contributed by atoms with Crippen molar-refractivity contribution < 1.29 is 14.7 Å². The Morgan fingerprint density at radius 1 is 1.21 bits per heavy atom. The maximum Gasteiger partial charge on any atom is 0.312 e. The average Bonchev–Trinajstić information content (AvgIpc) is 3.24. The molecular formula is C22H25N3O3. The van der Waals surface area contributed by atoms with Crippen molar-refractivity contribution in [3.05, 3.63) is 59.7 Å². The first-order valence-corrected chi connectivity index (χ1v) is 9.85. The Labute approximate surface area is 164 Å². The number of carbonyl (C=O) groups excluding carboxylic acids is 1. The second kappa shape index (κ2) is 7.00. The van der Waals surface area contributed by atoms with Crippen molar-refractivity contribution in [2.75, 3.05) is 0 Å². The first kappa shape index (κ1) is 18.6. The molecular weight excluding hydrogens is 354 g/mol. The van der Waals surface area contributed by atoms with E-state index in [1.165, 1.54) is 0 Å². The molecule has 0 unspecified atom stereocenters. The Kier molecular flexibility index (Phi) is 4.65. The maximum atomic E-state index is 13.3. The second-order valence-electron chi connectivity index (χ2n) is 8.24. The lowest BCUT2D eigenvalue weighted by Gasteiger charge is -2.33. The third-order valence-corrected chi connectivity index (χ3v) is 6.17. The van der Waals surface area contributed by atoms with Crippen molar-refractivity contribution in [3.8, 4) is 0 Å². The average molecular weight is 379 g/mol. The molecule has 28 heavy (non-hydrogen) atoms. The van der Waals surface area contributed by atoms with E-state index in [9.17, 15) is 14.7 Å². The third-order valence-electron chi connectivity index (χ3n) is 6.17. The molecule has 0 radical (unpaired) electrons. The highest BCUT2D eigenvalue weighted by Gasteiger charge is 2.61. The lowest BCUT2D eigenvalue weighted by atomic mass is 9.70. The summed E-state index contributed by atoms with van der Waals surface area (Å²) in [5.41, 5.74) is 0.416. The summed E-state index contributed by atoms with van der Waals surface area (Å²) in [4.78, 5) is 36.2. The summed E-state index contributed by atoms with van der Waals surface area (Å²) in [5, 5.41) is 10.2. The normalized spacial score (nSPS) is 26.0. The molecule has 1 N–H and O–H groups in total. The van der Waals surface area contributed by atoms with Crippen molar-refractivity contribution in [1.82, 2.24) is 14.9 Å². The molecule has 2 aliphatic rings. The van der Waals surface area contributed by atoms with Gasteiger partial charge in [-0.2, -0.15) is 0 Å². The molecule has 3 heterocycles. The van der Waals surface area contributed by atoms with Crippen LogP contribution in [0.25, 0.3) is 0 Å². The third kappa shape index (κ3) is 2.97. The molecule has 0 aliphatic carbocycles. The van der Waals surface area contributed by atoms with E-state index in [1.54, 1.807) is 17.2 Å². The van der Waals surface area contributed by atoms with E-state index in [-0.39, 0.29) is 23.9 Å². The fraction of sp³-hybridized carbons (Fsp3) is 0.455. The molecule has 2 saturated heterocycles. The monoisotopic (exact) mass is 379 g/mol. The minimum Gasteiger partial charge on any atom is -0.481 e. The molecule has 146 valence electrons. The van der Waals surface area contributed by atoms with E-state index in [0.29, 0.717) is 24.4 Å². The minimum absolute atomic E-state index is 0.0465. The number of aromatic nitrogens is 2. The Bertz CT molecular complexity index is 899. The molecule has 0 spiro atoms. The van der Waals surface area contributed by atoms with E-state index < -0.39 is 11.4 Å².